The lowest BCUT2D eigenvalue weighted by Crippen LogP contribution is -2.13. The molecule has 0 saturated heterocycles. The predicted octanol–water partition coefficient (Wildman–Crippen LogP) is 4.18. The minimum Gasteiger partial charge on any atom is -0.292 e. The molecule has 2 aromatic rings. The van der Waals surface area contributed by atoms with Crippen molar-refractivity contribution in [2.24, 2.45) is 0 Å². The van der Waals surface area contributed by atoms with Crippen LogP contribution in [0, 0.1) is 23.0 Å². The quantitative estimate of drug-likeness (QED) is 0.628. The van der Waals surface area contributed by atoms with Crippen molar-refractivity contribution in [2.45, 2.75) is 10.8 Å². The second kappa shape index (κ2) is 6.51. The van der Waals surface area contributed by atoms with Gasteiger partial charge in [0.15, 0.2) is 5.78 Å². The minimum atomic E-state index is -1.29. The lowest BCUT2D eigenvalue weighted by atomic mass is 9.91. The van der Waals surface area contributed by atoms with E-state index in [0.717, 1.165) is 17.0 Å². The van der Waals surface area contributed by atoms with Crippen LogP contribution in [0.15, 0.2) is 47.4 Å². The highest BCUT2D eigenvalue weighted by Crippen LogP contribution is 2.25. The van der Waals surface area contributed by atoms with Crippen LogP contribution in [-0.4, -0.2) is 12.0 Å². The summed E-state index contributed by atoms with van der Waals surface area (Å²) in [5, 5.41) is 9.17. The molecule has 1 unspecified atom stereocenters. The summed E-state index contributed by atoms with van der Waals surface area (Å²) in [6, 6.07) is 11.3. The summed E-state index contributed by atoms with van der Waals surface area (Å²) >= 11 is 1.53. The molecule has 0 saturated carbocycles. The Bertz CT molecular complexity index is 707. The van der Waals surface area contributed by atoms with E-state index in [1.54, 1.807) is 30.3 Å². The number of hydrogen-bond acceptors (Lipinski definition) is 3. The van der Waals surface area contributed by atoms with Crippen LogP contribution in [0.25, 0.3) is 0 Å². The molecule has 2 nitrogen and oxygen atoms in total. The van der Waals surface area contributed by atoms with Crippen molar-refractivity contribution in [1.29, 1.82) is 5.26 Å². The van der Waals surface area contributed by atoms with Crippen LogP contribution in [-0.2, 0) is 0 Å². The summed E-state index contributed by atoms with van der Waals surface area (Å²) in [4.78, 5) is 13.3. The zero-order chi connectivity index (χ0) is 15.4. The SMILES string of the molecule is CSc1ccc(C(=O)C(C#N)c2ccc(F)cc2F)cc1. The van der Waals surface area contributed by atoms with Crippen LogP contribution in [0.5, 0.6) is 0 Å². The number of benzene rings is 2. The van der Waals surface area contributed by atoms with Crippen LogP contribution in [0.2, 0.25) is 0 Å². The summed E-state index contributed by atoms with van der Waals surface area (Å²) in [5.74, 6) is -3.43. The molecule has 0 aromatic heterocycles. The van der Waals surface area contributed by atoms with Gasteiger partial charge in [-0.2, -0.15) is 5.26 Å². The van der Waals surface area contributed by atoms with Crippen molar-refractivity contribution in [1.82, 2.24) is 0 Å². The van der Waals surface area contributed by atoms with Gasteiger partial charge in [-0.1, -0.05) is 18.2 Å². The number of halogens is 2. The third-order valence-electron chi connectivity index (χ3n) is 3.04. The highest BCUT2D eigenvalue weighted by molar-refractivity contribution is 7.98. The zero-order valence-electron chi connectivity index (χ0n) is 11.1. The van der Waals surface area contributed by atoms with Gasteiger partial charge in [0.05, 0.1) is 6.07 Å². The van der Waals surface area contributed by atoms with Crippen molar-refractivity contribution < 1.29 is 13.6 Å². The molecular formula is C16H11F2NOS. The highest BCUT2D eigenvalue weighted by Gasteiger charge is 2.24. The standard InChI is InChI=1S/C16H11F2NOS/c1-21-12-5-2-10(3-6-12)16(20)14(9-19)13-7-4-11(17)8-15(13)18/h2-8,14H,1H3. The molecule has 0 bridgehead atoms. The van der Waals surface area contributed by atoms with Crippen LogP contribution in [0.3, 0.4) is 0 Å². The summed E-state index contributed by atoms with van der Waals surface area (Å²) in [6.45, 7) is 0. The van der Waals surface area contributed by atoms with E-state index in [4.69, 9.17) is 0 Å². The smallest absolute Gasteiger partial charge is 0.184 e. The minimum absolute atomic E-state index is 0.113. The number of Topliss-reactive ketones (excluding diaryl/α,β-unsaturated/α-hetero) is 1. The maximum Gasteiger partial charge on any atom is 0.184 e. The van der Waals surface area contributed by atoms with Gasteiger partial charge in [-0.05, 0) is 24.5 Å². The van der Waals surface area contributed by atoms with E-state index in [9.17, 15) is 18.8 Å². The van der Waals surface area contributed by atoms with E-state index in [2.05, 4.69) is 0 Å². The average Bonchev–Trinajstić information content (AvgIpc) is 2.50. The molecule has 0 heterocycles. The number of rotatable bonds is 4. The van der Waals surface area contributed by atoms with Crippen molar-refractivity contribution in [2.75, 3.05) is 6.26 Å². The molecule has 1 atom stereocenters. The molecule has 106 valence electrons. The van der Waals surface area contributed by atoms with E-state index in [1.807, 2.05) is 6.26 Å². The van der Waals surface area contributed by atoms with Crippen LogP contribution in [0.1, 0.15) is 21.8 Å². The van der Waals surface area contributed by atoms with Crippen molar-refractivity contribution in [3.8, 4) is 6.07 Å². The van der Waals surface area contributed by atoms with E-state index in [-0.39, 0.29) is 5.56 Å². The number of thioether (sulfide) groups is 1. The average molecular weight is 303 g/mol. The third-order valence-corrected chi connectivity index (χ3v) is 3.78. The maximum absolute atomic E-state index is 13.7. The molecule has 0 N–H and O–H groups in total. The Hall–Kier alpha value is -2.19. The molecule has 0 aliphatic carbocycles. The molecule has 0 spiro atoms. The Balaban J connectivity index is 2.36. The Labute approximate surface area is 125 Å². The fourth-order valence-electron chi connectivity index (χ4n) is 1.93. The number of nitrogens with zero attached hydrogens (tertiary/aromatic N) is 1. The second-order valence-corrected chi connectivity index (χ2v) is 5.20. The second-order valence-electron chi connectivity index (χ2n) is 4.32. The van der Waals surface area contributed by atoms with Crippen molar-refractivity contribution in [3.05, 3.63) is 65.2 Å². The number of carbonyl (C=O) groups is 1. The maximum atomic E-state index is 13.7. The molecule has 5 heteroatoms. The van der Waals surface area contributed by atoms with E-state index >= 15 is 0 Å². The van der Waals surface area contributed by atoms with Gasteiger partial charge in [0.25, 0.3) is 0 Å². The molecule has 2 rings (SSSR count). The fourth-order valence-corrected chi connectivity index (χ4v) is 2.34. The summed E-state index contributed by atoms with van der Waals surface area (Å²) in [5.41, 5.74) is 0.209. The molecule has 0 fully saturated rings. The molecule has 2 aromatic carbocycles. The van der Waals surface area contributed by atoms with E-state index in [0.29, 0.717) is 11.6 Å². The number of nitriles is 1. The fraction of sp³-hybridized carbons (Fsp3) is 0.125. The molecular weight excluding hydrogens is 292 g/mol. The Morgan fingerprint density at radius 3 is 2.38 bits per heavy atom. The molecule has 0 aliphatic heterocycles. The largest absolute Gasteiger partial charge is 0.292 e. The summed E-state index contributed by atoms with van der Waals surface area (Å²) in [6.07, 6.45) is 1.91. The summed E-state index contributed by atoms with van der Waals surface area (Å²) in [7, 11) is 0. The van der Waals surface area contributed by atoms with Gasteiger partial charge >= 0.3 is 0 Å². The highest BCUT2D eigenvalue weighted by atomic mass is 32.2. The first-order valence-corrected chi connectivity index (χ1v) is 7.32. The van der Waals surface area contributed by atoms with Gasteiger partial charge in [0.1, 0.15) is 17.6 Å². The van der Waals surface area contributed by atoms with Crippen molar-refractivity contribution >= 4 is 17.5 Å². The first kappa shape index (κ1) is 15.2. The summed E-state index contributed by atoms with van der Waals surface area (Å²) < 4.78 is 26.6. The van der Waals surface area contributed by atoms with Crippen LogP contribution >= 0.6 is 11.8 Å². The van der Waals surface area contributed by atoms with Crippen LogP contribution in [0.4, 0.5) is 8.78 Å². The van der Waals surface area contributed by atoms with Gasteiger partial charge in [-0.15, -0.1) is 11.8 Å². The Morgan fingerprint density at radius 1 is 1.19 bits per heavy atom. The molecule has 0 aliphatic rings. The van der Waals surface area contributed by atoms with Gasteiger partial charge < -0.3 is 0 Å². The van der Waals surface area contributed by atoms with E-state index < -0.39 is 23.3 Å². The van der Waals surface area contributed by atoms with Gasteiger partial charge in [-0.25, -0.2) is 8.78 Å². The molecule has 0 radical (unpaired) electrons. The van der Waals surface area contributed by atoms with E-state index in [1.165, 1.54) is 11.8 Å². The van der Waals surface area contributed by atoms with Crippen molar-refractivity contribution in [3.63, 3.8) is 0 Å². The Kier molecular flexibility index (Phi) is 4.71. The number of hydrogen-bond donors (Lipinski definition) is 0. The van der Waals surface area contributed by atoms with Crippen LogP contribution < -0.4 is 0 Å². The number of ketones is 1. The van der Waals surface area contributed by atoms with Gasteiger partial charge in [0, 0.05) is 22.1 Å². The first-order chi connectivity index (χ1) is 10.1. The van der Waals surface area contributed by atoms with Gasteiger partial charge in [0.2, 0.25) is 0 Å². The lowest BCUT2D eigenvalue weighted by Gasteiger charge is -2.10. The molecule has 21 heavy (non-hydrogen) atoms. The monoisotopic (exact) mass is 303 g/mol. The van der Waals surface area contributed by atoms with Gasteiger partial charge in [-0.3, -0.25) is 4.79 Å². The lowest BCUT2D eigenvalue weighted by molar-refractivity contribution is 0.0977. The Morgan fingerprint density at radius 2 is 1.86 bits per heavy atom. The number of carbonyl (C=O) groups excluding carboxylic acids is 1. The first-order valence-electron chi connectivity index (χ1n) is 6.09. The zero-order valence-corrected chi connectivity index (χ0v) is 12.0. The predicted molar refractivity (Wildman–Crippen MR) is 77.3 cm³/mol. The molecule has 0 amide bonds. The topological polar surface area (TPSA) is 40.9 Å². The normalized spacial score (nSPS) is 11.7. The third kappa shape index (κ3) is 3.29.